The van der Waals surface area contributed by atoms with Gasteiger partial charge in [0.15, 0.2) is 0 Å². The Kier molecular flexibility index (Phi) is 4.05. The van der Waals surface area contributed by atoms with Crippen molar-refractivity contribution in [3.05, 3.63) is 36.4 Å². The summed E-state index contributed by atoms with van der Waals surface area (Å²) in [6, 6.07) is 10.2. The van der Waals surface area contributed by atoms with E-state index in [9.17, 15) is 0 Å². The number of nitrogens with two attached hydrogens (primary N) is 4. The lowest BCUT2D eigenvalue weighted by Gasteiger charge is -2.12. The smallest absolute Gasteiger partial charge is 0.144 e. The minimum Gasteiger partial charge on any atom is -0.488 e. The fourth-order valence-electron chi connectivity index (χ4n) is 1.66. The summed E-state index contributed by atoms with van der Waals surface area (Å²) >= 11 is 0. The molecule has 0 amide bonds. The van der Waals surface area contributed by atoms with Gasteiger partial charge in [0.2, 0.25) is 0 Å². The van der Waals surface area contributed by atoms with Gasteiger partial charge in [-0.3, -0.25) is 0 Å². The first kappa shape index (κ1) is 13.7. The summed E-state index contributed by atoms with van der Waals surface area (Å²) in [4.78, 5) is 0. The number of hydrogen-bond acceptors (Lipinski definition) is 6. The maximum absolute atomic E-state index is 5.77. The second kappa shape index (κ2) is 5.92. The van der Waals surface area contributed by atoms with Crippen LogP contribution in [-0.2, 0) is 0 Å². The molecule has 0 radical (unpaired) electrons. The van der Waals surface area contributed by atoms with Crippen LogP contribution in [-0.4, -0.2) is 13.2 Å². The first-order valence-electron chi connectivity index (χ1n) is 6.12. The van der Waals surface area contributed by atoms with Crippen LogP contribution in [0.5, 0.6) is 11.5 Å². The second-order valence-electron chi connectivity index (χ2n) is 4.29. The van der Waals surface area contributed by atoms with E-state index < -0.39 is 0 Å². The minimum atomic E-state index is 0.321. The maximum atomic E-state index is 5.77. The molecule has 0 spiro atoms. The van der Waals surface area contributed by atoms with Crippen LogP contribution >= 0.6 is 0 Å². The highest BCUT2D eigenvalue weighted by molar-refractivity contribution is 5.60. The van der Waals surface area contributed by atoms with Crippen LogP contribution in [0.3, 0.4) is 0 Å². The number of nitrogen functional groups attached to an aromatic ring is 4. The third-order valence-electron chi connectivity index (χ3n) is 2.67. The third-order valence-corrected chi connectivity index (χ3v) is 2.67. The van der Waals surface area contributed by atoms with Crippen molar-refractivity contribution in [3.63, 3.8) is 0 Å². The predicted octanol–water partition coefficient (Wildman–Crippen LogP) is 1.47. The molecule has 0 atom stereocenters. The largest absolute Gasteiger partial charge is 0.488 e. The van der Waals surface area contributed by atoms with Gasteiger partial charge in [0, 0.05) is 23.5 Å². The van der Waals surface area contributed by atoms with Gasteiger partial charge < -0.3 is 32.4 Å². The Morgan fingerprint density at radius 2 is 1.05 bits per heavy atom. The van der Waals surface area contributed by atoms with E-state index in [0.717, 1.165) is 0 Å². The lowest BCUT2D eigenvalue weighted by molar-refractivity contribution is 0.219. The van der Waals surface area contributed by atoms with Crippen LogP contribution < -0.4 is 32.4 Å². The van der Waals surface area contributed by atoms with E-state index in [-0.39, 0.29) is 0 Å². The molecule has 0 aliphatic heterocycles. The summed E-state index contributed by atoms with van der Waals surface area (Å²) in [5, 5.41) is 0. The van der Waals surface area contributed by atoms with Crippen molar-refractivity contribution in [2.24, 2.45) is 0 Å². The van der Waals surface area contributed by atoms with Gasteiger partial charge in [-0.1, -0.05) is 0 Å². The molecular formula is C14H18N4O2. The lowest BCUT2D eigenvalue weighted by atomic mass is 10.2. The third kappa shape index (κ3) is 3.38. The average Bonchev–Trinajstić information content (AvgIpc) is 2.42. The SMILES string of the molecule is Nc1ccc(N)c(OCCOc2cc(N)ccc2N)c1. The zero-order chi connectivity index (χ0) is 14.5. The zero-order valence-corrected chi connectivity index (χ0v) is 11.0. The highest BCUT2D eigenvalue weighted by Gasteiger charge is 2.03. The van der Waals surface area contributed by atoms with E-state index in [1.165, 1.54) is 0 Å². The monoisotopic (exact) mass is 274 g/mol. The van der Waals surface area contributed by atoms with Gasteiger partial charge in [0.25, 0.3) is 0 Å². The molecule has 2 aromatic carbocycles. The molecule has 8 N–H and O–H groups in total. The molecule has 20 heavy (non-hydrogen) atoms. The molecule has 0 saturated heterocycles. The van der Waals surface area contributed by atoms with Crippen LogP contribution in [0.4, 0.5) is 22.7 Å². The molecule has 0 aliphatic carbocycles. The van der Waals surface area contributed by atoms with E-state index in [1.54, 1.807) is 36.4 Å². The standard InChI is InChI=1S/C14H18N4O2/c15-9-1-3-11(17)13(7-9)19-5-6-20-14-8-10(16)2-4-12(14)18/h1-4,7-8H,5-6,15-18H2. The Morgan fingerprint density at radius 1 is 0.650 bits per heavy atom. The molecule has 6 nitrogen and oxygen atoms in total. The fraction of sp³-hybridized carbons (Fsp3) is 0.143. The predicted molar refractivity (Wildman–Crippen MR) is 81.5 cm³/mol. The molecule has 0 aromatic heterocycles. The minimum absolute atomic E-state index is 0.321. The van der Waals surface area contributed by atoms with Gasteiger partial charge in [-0.05, 0) is 24.3 Å². The Balaban J connectivity index is 1.87. The first-order valence-corrected chi connectivity index (χ1v) is 6.12. The summed E-state index contributed by atoms with van der Waals surface area (Å²) in [7, 11) is 0. The van der Waals surface area contributed by atoms with E-state index in [0.29, 0.717) is 47.5 Å². The molecule has 0 aliphatic rings. The molecular weight excluding hydrogens is 256 g/mol. The van der Waals surface area contributed by atoms with Gasteiger partial charge in [0.1, 0.15) is 24.7 Å². The van der Waals surface area contributed by atoms with Crippen molar-refractivity contribution in [2.45, 2.75) is 0 Å². The Hall–Kier alpha value is -2.76. The maximum Gasteiger partial charge on any atom is 0.144 e. The van der Waals surface area contributed by atoms with Crippen molar-refractivity contribution in [1.82, 2.24) is 0 Å². The van der Waals surface area contributed by atoms with E-state index in [1.807, 2.05) is 0 Å². The van der Waals surface area contributed by atoms with Gasteiger partial charge in [-0.2, -0.15) is 0 Å². The molecule has 6 heteroatoms. The number of benzene rings is 2. The Bertz CT molecular complexity index is 548. The van der Waals surface area contributed by atoms with Crippen molar-refractivity contribution in [3.8, 4) is 11.5 Å². The normalized spacial score (nSPS) is 10.2. The topological polar surface area (TPSA) is 123 Å². The highest BCUT2D eigenvalue weighted by Crippen LogP contribution is 2.25. The number of ether oxygens (including phenoxy) is 2. The second-order valence-corrected chi connectivity index (χ2v) is 4.29. The van der Waals surface area contributed by atoms with Gasteiger partial charge in [-0.15, -0.1) is 0 Å². The first-order chi connectivity index (χ1) is 9.56. The lowest BCUT2D eigenvalue weighted by Crippen LogP contribution is -2.11. The fourth-order valence-corrected chi connectivity index (χ4v) is 1.66. The quantitative estimate of drug-likeness (QED) is 0.483. The highest BCUT2D eigenvalue weighted by atomic mass is 16.5. The summed E-state index contributed by atoms with van der Waals surface area (Å²) in [5.41, 5.74) is 25.1. The van der Waals surface area contributed by atoms with Crippen LogP contribution in [0, 0.1) is 0 Å². The van der Waals surface area contributed by atoms with Crippen molar-refractivity contribution in [2.75, 3.05) is 36.1 Å². The number of anilines is 4. The average molecular weight is 274 g/mol. The molecule has 0 unspecified atom stereocenters. The van der Waals surface area contributed by atoms with Crippen molar-refractivity contribution < 1.29 is 9.47 Å². The molecule has 106 valence electrons. The summed E-state index contributed by atoms with van der Waals surface area (Å²) in [5.74, 6) is 1.07. The molecule has 2 aromatic rings. The van der Waals surface area contributed by atoms with Gasteiger partial charge in [0.05, 0.1) is 11.4 Å². The Labute approximate surface area is 117 Å². The van der Waals surface area contributed by atoms with Crippen LogP contribution in [0.2, 0.25) is 0 Å². The van der Waals surface area contributed by atoms with Crippen molar-refractivity contribution >= 4 is 22.7 Å². The molecule has 0 heterocycles. The van der Waals surface area contributed by atoms with E-state index in [2.05, 4.69) is 0 Å². The van der Waals surface area contributed by atoms with E-state index >= 15 is 0 Å². The van der Waals surface area contributed by atoms with Gasteiger partial charge >= 0.3 is 0 Å². The molecule has 2 rings (SSSR count). The van der Waals surface area contributed by atoms with Crippen LogP contribution in [0.25, 0.3) is 0 Å². The Morgan fingerprint density at radius 3 is 1.45 bits per heavy atom. The molecule has 0 fully saturated rings. The van der Waals surface area contributed by atoms with Crippen LogP contribution in [0.15, 0.2) is 36.4 Å². The summed E-state index contributed by atoms with van der Waals surface area (Å²) < 4.78 is 11.0. The summed E-state index contributed by atoms with van der Waals surface area (Å²) in [6.45, 7) is 0.643. The van der Waals surface area contributed by atoms with Gasteiger partial charge in [-0.25, -0.2) is 0 Å². The summed E-state index contributed by atoms with van der Waals surface area (Å²) in [6.07, 6.45) is 0. The zero-order valence-electron chi connectivity index (χ0n) is 11.0. The number of hydrogen-bond donors (Lipinski definition) is 4. The number of rotatable bonds is 5. The van der Waals surface area contributed by atoms with Crippen molar-refractivity contribution in [1.29, 1.82) is 0 Å². The molecule has 0 bridgehead atoms. The van der Waals surface area contributed by atoms with Crippen LogP contribution in [0.1, 0.15) is 0 Å². The molecule has 0 saturated carbocycles. The van der Waals surface area contributed by atoms with E-state index in [4.69, 9.17) is 32.4 Å².